The fourth-order valence-corrected chi connectivity index (χ4v) is 5.71. The summed E-state index contributed by atoms with van der Waals surface area (Å²) in [6, 6.07) is 10.6. The molecule has 40 heavy (non-hydrogen) atoms. The number of carbonyl (C=O) groups is 2. The molecular weight excluding hydrogens is 540 g/mol. The highest BCUT2D eigenvalue weighted by Gasteiger charge is 2.40. The van der Waals surface area contributed by atoms with Crippen LogP contribution in [0.4, 0.5) is 26.3 Å². The Balaban J connectivity index is 1.54. The summed E-state index contributed by atoms with van der Waals surface area (Å²) in [4.78, 5) is 26.3. The SMILES string of the molecule is C[C@@H](O[C@H]1CCN(C(=O)C2CCC(C(=O)O)CC2)C[C@H]1c1ccccc1)c1cc(C(F)(F)F)cc(C(F)(F)F)c1. The average molecular weight is 572 g/mol. The van der Waals surface area contributed by atoms with Crippen molar-refractivity contribution in [2.24, 2.45) is 11.8 Å². The number of hydrogen-bond donors (Lipinski definition) is 1. The third-order valence-electron chi connectivity index (χ3n) is 7.97. The minimum Gasteiger partial charge on any atom is -0.481 e. The lowest BCUT2D eigenvalue weighted by Gasteiger charge is -2.41. The van der Waals surface area contributed by atoms with Gasteiger partial charge in [0.15, 0.2) is 0 Å². The van der Waals surface area contributed by atoms with Gasteiger partial charge in [-0.2, -0.15) is 26.3 Å². The number of nitrogens with zero attached hydrogens (tertiary/aromatic N) is 1. The highest BCUT2D eigenvalue weighted by atomic mass is 19.4. The molecule has 1 aliphatic carbocycles. The molecule has 11 heteroatoms. The summed E-state index contributed by atoms with van der Waals surface area (Å²) in [5.74, 6) is -2.01. The summed E-state index contributed by atoms with van der Waals surface area (Å²) in [5.41, 5.74) is -2.19. The maximum absolute atomic E-state index is 13.4. The van der Waals surface area contributed by atoms with Gasteiger partial charge in [0.1, 0.15) is 0 Å². The van der Waals surface area contributed by atoms with Crippen LogP contribution in [0.3, 0.4) is 0 Å². The fourth-order valence-electron chi connectivity index (χ4n) is 5.71. The zero-order chi connectivity index (χ0) is 29.2. The lowest BCUT2D eigenvalue weighted by molar-refractivity contribution is -0.147. The number of ether oxygens (including phenoxy) is 1. The van der Waals surface area contributed by atoms with Crippen LogP contribution in [0, 0.1) is 11.8 Å². The summed E-state index contributed by atoms with van der Waals surface area (Å²) in [6.07, 6.45) is -9.39. The largest absolute Gasteiger partial charge is 0.481 e. The van der Waals surface area contributed by atoms with E-state index in [0.717, 1.165) is 5.56 Å². The van der Waals surface area contributed by atoms with Gasteiger partial charge in [0.2, 0.25) is 5.91 Å². The lowest BCUT2D eigenvalue weighted by Crippen LogP contribution is -2.48. The molecule has 2 fully saturated rings. The first-order valence-corrected chi connectivity index (χ1v) is 13.3. The Morgan fingerprint density at radius 1 is 0.875 bits per heavy atom. The van der Waals surface area contributed by atoms with Crippen LogP contribution in [0.1, 0.15) is 73.3 Å². The van der Waals surface area contributed by atoms with Crippen LogP contribution in [-0.4, -0.2) is 41.1 Å². The van der Waals surface area contributed by atoms with E-state index in [1.54, 1.807) is 4.90 Å². The van der Waals surface area contributed by atoms with Gasteiger partial charge < -0.3 is 14.7 Å². The molecule has 1 aliphatic heterocycles. The number of aliphatic carboxylic acids is 1. The number of likely N-dealkylation sites (tertiary alicyclic amines) is 1. The molecule has 1 heterocycles. The van der Waals surface area contributed by atoms with Crippen molar-refractivity contribution in [1.82, 2.24) is 4.90 Å². The van der Waals surface area contributed by atoms with Crippen molar-refractivity contribution >= 4 is 11.9 Å². The molecule has 218 valence electrons. The molecule has 0 spiro atoms. The van der Waals surface area contributed by atoms with E-state index in [1.807, 2.05) is 30.3 Å². The quantitative estimate of drug-likeness (QED) is 0.377. The number of amides is 1. The van der Waals surface area contributed by atoms with E-state index in [1.165, 1.54) is 6.92 Å². The molecule has 5 nitrogen and oxygen atoms in total. The molecule has 0 bridgehead atoms. The van der Waals surface area contributed by atoms with Crippen molar-refractivity contribution in [3.05, 3.63) is 70.8 Å². The van der Waals surface area contributed by atoms with Crippen LogP contribution in [-0.2, 0) is 26.7 Å². The maximum atomic E-state index is 13.4. The van der Waals surface area contributed by atoms with Crippen molar-refractivity contribution in [2.45, 2.75) is 69.5 Å². The van der Waals surface area contributed by atoms with Crippen LogP contribution in [0.25, 0.3) is 0 Å². The van der Waals surface area contributed by atoms with Gasteiger partial charge in [-0.1, -0.05) is 30.3 Å². The smallest absolute Gasteiger partial charge is 0.416 e. The third kappa shape index (κ3) is 6.97. The van der Waals surface area contributed by atoms with E-state index >= 15 is 0 Å². The van der Waals surface area contributed by atoms with Gasteiger partial charge in [0.05, 0.1) is 29.3 Å². The summed E-state index contributed by atoms with van der Waals surface area (Å²) in [6.45, 7) is 2.01. The van der Waals surface area contributed by atoms with Crippen LogP contribution >= 0.6 is 0 Å². The zero-order valence-corrected chi connectivity index (χ0v) is 21.8. The van der Waals surface area contributed by atoms with Crippen LogP contribution < -0.4 is 0 Å². The van der Waals surface area contributed by atoms with E-state index in [4.69, 9.17) is 4.74 Å². The van der Waals surface area contributed by atoms with Gasteiger partial charge >= 0.3 is 18.3 Å². The first-order valence-electron chi connectivity index (χ1n) is 13.3. The van der Waals surface area contributed by atoms with E-state index < -0.39 is 47.6 Å². The van der Waals surface area contributed by atoms with Gasteiger partial charge in [-0.05, 0) is 68.4 Å². The summed E-state index contributed by atoms with van der Waals surface area (Å²) in [7, 11) is 0. The van der Waals surface area contributed by atoms with Gasteiger partial charge in [-0.3, -0.25) is 9.59 Å². The van der Waals surface area contributed by atoms with Crippen molar-refractivity contribution in [1.29, 1.82) is 0 Å². The van der Waals surface area contributed by atoms with Crippen LogP contribution in [0.15, 0.2) is 48.5 Å². The summed E-state index contributed by atoms with van der Waals surface area (Å²) < 4.78 is 86.6. The first kappa shape index (κ1) is 29.9. The molecule has 1 saturated heterocycles. The van der Waals surface area contributed by atoms with Crippen molar-refractivity contribution in [3.63, 3.8) is 0 Å². The van der Waals surface area contributed by atoms with Crippen molar-refractivity contribution in [3.8, 4) is 0 Å². The lowest BCUT2D eigenvalue weighted by atomic mass is 9.80. The Morgan fingerprint density at radius 2 is 1.43 bits per heavy atom. The number of carbonyl (C=O) groups excluding carboxylic acids is 1. The predicted octanol–water partition coefficient (Wildman–Crippen LogP) is 7.08. The number of rotatable bonds is 6. The number of carboxylic acid groups (broad SMARTS) is 1. The zero-order valence-electron chi connectivity index (χ0n) is 21.8. The van der Waals surface area contributed by atoms with Gasteiger partial charge in [-0.25, -0.2) is 0 Å². The Hall–Kier alpha value is -3.08. The fraction of sp³-hybridized carbons (Fsp3) is 0.517. The van der Waals surface area contributed by atoms with E-state index in [-0.39, 0.29) is 35.9 Å². The van der Waals surface area contributed by atoms with Crippen molar-refractivity contribution in [2.75, 3.05) is 13.1 Å². The van der Waals surface area contributed by atoms with Crippen molar-refractivity contribution < 1.29 is 45.8 Å². The Kier molecular flexibility index (Phi) is 8.82. The van der Waals surface area contributed by atoms with E-state index in [9.17, 15) is 41.0 Å². The molecule has 1 saturated carbocycles. The highest BCUT2D eigenvalue weighted by Crippen LogP contribution is 2.40. The molecule has 0 radical (unpaired) electrons. The van der Waals surface area contributed by atoms with E-state index in [2.05, 4.69) is 0 Å². The normalized spacial score (nSPS) is 24.9. The second-order valence-corrected chi connectivity index (χ2v) is 10.6. The van der Waals surface area contributed by atoms with Gasteiger partial charge in [0.25, 0.3) is 0 Å². The minimum absolute atomic E-state index is 0.0658. The predicted molar refractivity (Wildman–Crippen MR) is 133 cm³/mol. The molecule has 2 aromatic rings. The van der Waals surface area contributed by atoms with Gasteiger partial charge in [0, 0.05) is 24.9 Å². The second-order valence-electron chi connectivity index (χ2n) is 10.6. The number of halogens is 6. The Morgan fingerprint density at radius 3 is 1.95 bits per heavy atom. The maximum Gasteiger partial charge on any atom is 0.416 e. The van der Waals surface area contributed by atoms with Gasteiger partial charge in [-0.15, -0.1) is 0 Å². The number of alkyl halides is 6. The Labute approximate surface area is 228 Å². The molecule has 3 atom stereocenters. The van der Waals surface area contributed by atoms with E-state index in [0.29, 0.717) is 50.8 Å². The number of benzene rings is 2. The number of hydrogen-bond acceptors (Lipinski definition) is 3. The standard InChI is InChI=1S/C29H31F6NO4/c1-17(21-13-22(28(30,31)32)15-23(14-21)29(33,34)35)40-25-11-12-36(16-24(25)18-5-3-2-4-6-18)26(37)19-7-9-20(10-8-19)27(38)39/h2-6,13-15,17,19-20,24-25H,7-12,16H2,1H3,(H,38,39)/t17-,19?,20?,24+,25+/m1/s1. The molecule has 0 unspecified atom stereocenters. The third-order valence-corrected chi connectivity index (χ3v) is 7.97. The summed E-state index contributed by atoms with van der Waals surface area (Å²) in [5, 5.41) is 9.25. The molecule has 2 aliphatic rings. The minimum atomic E-state index is -4.96. The molecule has 1 amide bonds. The Bertz CT molecular complexity index is 1160. The molecule has 1 N–H and O–H groups in total. The topological polar surface area (TPSA) is 66.8 Å². The average Bonchev–Trinajstić information content (AvgIpc) is 2.92. The van der Waals surface area contributed by atoms with Crippen LogP contribution in [0.2, 0.25) is 0 Å². The number of carboxylic acids is 1. The summed E-state index contributed by atoms with van der Waals surface area (Å²) >= 11 is 0. The number of piperidine rings is 1. The highest BCUT2D eigenvalue weighted by molar-refractivity contribution is 5.79. The second kappa shape index (κ2) is 11.8. The molecule has 4 rings (SSSR count). The van der Waals surface area contributed by atoms with Crippen LogP contribution in [0.5, 0.6) is 0 Å². The monoisotopic (exact) mass is 571 g/mol. The molecule has 0 aromatic heterocycles. The molecule has 2 aromatic carbocycles. The molecular formula is C29H31F6NO4. The first-order chi connectivity index (χ1) is 18.7.